The highest BCUT2D eigenvalue weighted by Gasteiger charge is 2.63. The molecule has 0 spiro atoms. The van der Waals surface area contributed by atoms with Crippen molar-refractivity contribution in [1.29, 1.82) is 0 Å². The maximum atomic E-state index is 15.3. The first-order valence-electron chi connectivity index (χ1n) is 12.4. The summed E-state index contributed by atoms with van der Waals surface area (Å²) in [6, 6.07) is 0. The van der Waals surface area contributed by atoms with Crippen LogP contribution in [0.3, 0.4) is 0 Å². The van der Waals surface area contributed by atoms with Crippen molar-refractivity contribution in [3.05, 3.63) is 0 Å². The van der Waals surface area contributed by atoms with Crippen LogP contribution in [-0.2, 0) is 18.1 Å². The fourth-order valence-corrected chi connectivity index (χ4v) is 9.56. The van der Waals surface area contributed by atoms with Crippen molar-refractivity contribution in [3.8, 4) is 0 Å². The Balaban J connectivity index is 7.42. The third kappa shape index (κ3) is 7.74. The van der Waals surface area contributed by atoms with Gasteiger partial charge < -0.3 is 0 Å². The molecule has 0 aromatic carbocycles. The minimum Gasteiger partial charge on any atom is -0.268 e. The third-order valence-electron chi connectivity index (χ3n) is 6.50. The van der Waals surface area contributed by atoms with E-state index in [1.807, 2.05) is 0 Å². The average Bonchev–Trinajstić information content (AvgIpc) is 2.47. The van der Waals surface area contributed by atoms with Gasteiger partial charge >= 0.3 is 7.82 Å². The van der Waals surface area contributed by atoms with E-state index in [2.05, 4.69) is 192 Å². The quantitative estimate of drug-likeness (QED) is 0.152. The number of rotatable bonds is 6. The SMILES string of the molecule is CC(C)(C)C(I)(OP(=O)(OC(I)(C(C)(C)C)C(C)(C)C)OC(I)(C(C)(C)C)C(C)(C)C)C(C)(C)C. The summed E-state index contributed by atoms with van der Waals surface area (Å²) in [5, 5.41) is 0. The van der Waals surface area contributed by atoms with Gasteiger partial charge in [-0.15, -0.1) is 0 Å². The smallest absolute Gasteiger partial charge is 0.268 e. The summed E-state index contributed by atoms with van der Waals surface area (Å²) >= 11 is 7.02. The van der Waals surface area contributed by atoms with Crippen molar-refractivity contribution >= 4 is 75.6 Å². The molecule has 35 heavy (non-hydrogen) atoms. The van der Waals surface area contributed by atoms with Gasteiger partial charge in [-0.2, -0.15) is 0 Å². The van der Waals surface area contributed by atoms with E-state index in [9.17, 15) is 0 Å². The number of phosphoric ester groups is 1. The first kappa shape index (κ1) is 37.3. The van der Waals surface area contributed by atoms with E-state index in [0.29, 0.717) is 0 Å². The van der Waals surface area contributed by atoms with E-state index in [1.54, 1.807) is 0 Å². The molecule has 212 valence electrons. The third-order valence-corrected chi connectivity index (χ3v) is 19.4. The van der Waals surface area contributed by atoms with Crippen molar-refractivity contribution < 1.29 is 18.1 Å². The lowest BCUT2D eigenvalue weighted by atomic mass is 9.74. The fraction of sp³-hybridized carbons (Fsp3) is 1.00. The predicted octanol–water partition coefficient (Wildman–Crippen LogP) is 11.8. The van der Waals surface area contributed by atoms with Crippen LogP contribution >= 0.6 is 75.6 Å². The second kappa shape index (κ2) is 10.6. The molecule has 0 bridgehead atoms. The van der Waals surface area contributed by atoms with Gasteiger partial charge in [0.1, 0.15) is 10.8 Å². The Labute approximate surface area is 259 Å². The van der Waals surface area contributed by atoms with Crippen LogP contribution in [0.25, 0.3) is 0 Å². The maximum absolute atomic E-state index is 15.3. The lowest BCUT2D eigenvalue weighted by molar-refractivity contribution is -0.118. The van der Waals surface area contributed by atoms with E-state index in [0.717, 1.165) is 0 Å². The molecule has 0 fully saturated rings. The molecule has 0 unspecified atom stereocenters. The van der Waals surface area contributed by atoms with Crippen LogP contribution in [0.4, 0.5) is 0 Å². The first-order chi connectivity index (χ1) is 14.6. The van der Waals surface area contributed by atoms with Gasteiger partial charge in [0.25, 0.3) is 0 Å². The van der Waals surface area contributed by atoms with Gasteiger partial charge in [0, 0.05) is 32.5 Å². The van der Waals surface area contributed by atoms with Gasteiger partial charge in [-0.3, -0.25) is 13.6 Å². The van der Waals surface area contributed by atoms with Gasteiger partial charge in [-0.25, -0.2) is 4.57 Å². The van der Waals surface area contributed by atoms with Crippen LogP contribution in [0.15, 0.2) is 0 Å². The summed E-state index contributed by atoms with van der Waals surface area (Å²) in [6.07, 6.45) is 0. The molecule has 0 aliphatic heterocycles. The summed E-state index contributed by atoms with van der Waals surface area (Å²) in [5.74, 6) is 0. The molecule has 8 heteroatoms. The number of halogens is 3. The van der Waals surface area contributed by atoms with Gasteiger partial charge in [-0.05, 0) is 67.8 Å². The van der Waals surface area contributed by atoms with Crippen LogP contribution in [0.1, 0.15) is 125 Å². The van der Waals surface area contributed by atoms with Crippen molar-refractivity contribution in [2.24, 2.45) is 32.5 Å². The van der Waals surface area contributed by atoms with E-state index in [4.69, 9.17) is 13.6 Å². The highest BCUT2D eigenvalue weighted by molar-refractivity contribution is 14.1. The van der Waals surface area contributed by atoms with Crippen LogP contribution in [0.2, 0.25) is 0 Å². The van der Waals surface area contributed by atoms with Crippen LogP contribution in [0, 0.1) is 32.5 Å². The minimum absolute atomic E-state index is 0.358. The fourth-order valence-electron chi connectivity index (χ4n) is 4.71. The molecule has 0 atom stereocenters. The second-order valence-corrected chi connectivity index (χ2v) is 22.0. The van der Waals surface area contributed by atoms with E-state index in [-0.39, 0.29) is 32.5 Å². The Morgan fingerprint density at radius 1 is 0.371 bits per heavy atom. The van der Waals surface area contributed by atoms with Gasteiger partial charge in [-0.1, -0.05) is 125 Å². The second-order valence-electron chi connectivity index (χ2n) is 16.0. The highest BCUT2D eigenvalue weighted by atomic mass is 127. The van der Waals surface area contributed by atoms with Gasteiger partial charge in [0.05, 0.1) is 0 Å². The molecule has 0 N–H and O–H groups in total. The summed E-state index contributed by atoms with van der Waals surface area (Å²) in [4.78, 5) is 0. The maximum Gasteiger partial charge on any atom is 0.478 e. The van der Waals surface area contributed by atoms with Crippen LogP contribution in [0.5, 0.6) is 0 Å². The molecule has 0 aliphatic carbocycles. The summed E-state index contributed by atoms with van der Waals surface area (Å²) in [6.45, 7) is 38.1. The highest BCUT2D eigenvalue weighted by Crippen LogP contribution is 2.72. The molecule has 0 amide bonds. The van der Waals surface area contributed by atoms with Gasteiger partial charge in [0.15, 0.2) is 0 Å². The Morgan fingerprint density at radius 2 is 0.486 bits per heavy atom. The average molecular weight is 854 g/mol. The lowest BCUT2D eigenvalue weighted by Crippen LogP contribution is -2.54. The Kier molecular flexibility index (Phi) is 11.3. The van der Waals surface area contributed by atoms with Gasteiger partial charge in [0.2, 0.25) is 0 Å². The topological polar surface area (TPSA) is 44.8 Å². The van der Waals surface area contributed by atoms with Crippen molar-refractivity contribution in [3.63, 3.8) is 0 Å². The predicted molar refractivity (Wildman–Crippen MR) is 178 cm³/mol. The van der Waals surface area contributed by atoms with Crippen LogP contribution < -0.4 is 0 Å². The number of phosphoric acid groups is 1. The molecule has 0 aliphatic rings. The molecule has 0 rings (SSSR count). The van der Waals surface area contributed by atoms with Crippen molar-refractivity contribution in [2.45, 2.75) is 135 Å². The van der Waals surface area contributed by atoms with Crippen molar-refractivity contribution in [1.82, 2.24) is 0 Å². The minimum atomic E-state index is -4.19. The summed E-state index contributed by atoms with van der Waals surface area (Å²) < 4.78 is 33.1. The molecule has 0 heterocycles. The summed E-state index contributed by atoms with van der Waals surface area (Å²) in [7, 11) is -4.19. The number of alkyl halides is 3. The zero-order valence-electron chi connectivity index (χ0n) is 25.7. The van der Waals surface area contributed by atoms with Crippen LogP contribution in [-0.4, -0.2) is 10.8 Å². The Bertz CT molecular complexity index is 636. The lowest BCUT2D eigenvalue weighted by Gasteiger charge is -2.55. The Hall–Kier alpha value is 2.30. The molecule has 0 aromatic rings. The Morgan fingerprint density at radius 3 is 0.571 bits per heavy atom. The standard InChI is InChI=1S/C27H54I3O4P/c1-19(2,3)25(28,20(4,5)6)32-35(31,33-26(29,21(7,8)9)22(10,11)12)34-27(30,23(13,14)15)24(16,17)18/h1-18H3. The number of hydrogen-bond donors (Lipinski definition) is 0. The molecular weight excluding hydrogens is 800 g/mol. The molecule has 4 nitrogen and oxygen atoms in total. The molecule has 0 aromatic heterocycles. The zero-order chi connectivity index (χ0) is 29.1. The normalized spacial score (nSPS) is 16.6. The van der Waals surface area contributed by atoms with E-state index in [1.165, 1.54) is 0 Å². The largest absolute Gasteiger partial charge is 0.478 e. The molecule has 0 radical (unpaired) electrons. The summed E-state index contributed by atoms with van der Waals surface area (Å²) in [5.41, 5.74) is -2.15. The van der Waals surface area contributed by atoms with E-state index >= 15 is 4.57 Å². The van der Waals surface area contributed by atoms with E-state index < -0.39 is 18.6 Å². The molecular formula is C27H54I3O4P. The molecule has 0 saturated heterocycles. The first-order valence-corrected chi connectivity index (χ1v) is 17.1. The zero-order valence-corrected chi connectivity index (χ0v) is 33.1. The monoisotopic (exact) mass is 854 g/mol. The molecule has 0 saturated carbocycles. The number of hydrogen-bond acceptors (Lipinski definition) is 4. The van der Waals surface area contributed by atoms with Crippen molar-refractivity contribution in [2.75, 3.05) is 0 Å².